The number of piperidine rings is 1. The summed E-state index contributed by atoms with van der Waals surface area (Å²) in [5, 5.41) is 8.12. The Morgan fingerprint density at radius 3 is 3.05 bits per heavy atom. The average Bonchev–Trinajstić information content (AvgIpc) is 2.84. The first-order valence-electron chi connectivity index (χ1n) is 7.12. The van der Waals surface area contributed by atoms with Crippen LogP contribution in [0, 0.1) is 5.92 Å². The Labute approximate surface area is 111 Å². The van der Waals surface area contributed by atoms with Crippen LogP contribution in [0.1, 0.15) is 37.4 Å². The minimum Gasteiger partial charge on any atom is -0.370 e. The van der Waals surface area contributed by atoms with Crippen molar-refractivity contribution < 1.29 is 9.53 Å². The lowest BCUT2D eigenvalue weighted by Gasteiger charge is -2.42. The lowest BCUT2D eigenvalue weighted by molar-refractivity contribution is -0.144. The highest BCUT2D eigenvalue weighted by molar-refractivity contribution is 5.79. The van der Waals surface area contributed by atoms with Gasteiger partial charge in [-0.05, 0) is 19.3 Å². The number of rotatable bonds is 1. The molecule has 0 unspecified atom stereocenters. The molecule has 4 rings (SSSR count). The Kier molecular flexibility index (Phi) is 2.58. The quantitative estimate of drug-likeness (QED) is 0.749. The van der Waals surface area contributed by atoms with Crippen molar-refractivity contribution in [2.75, 3.05) is 13.1 Å². The summed E-state index contributed by atoms with van der Waals surface area (Å²) in [5.41, 5.74) is 1.01. The van der Waals surface area contributed by atoms with Gasteiger partial charge in [0.15, 0.2) is 0 Å². The third-order valence-corrected chi connectivity index (χ3v) is 4.69. The number of likely N-dealkylation sites (tertiary alicyclic amines) is 1. The van der Waals surface area contributed by atoms with E-state index in [1.165, 1.54) is 6.42 Å². The van der Waals surface area contributed by atoms with Gasteiger partial charge in [-0.3, -0.25) is 4.79 Å². The molecule has 0 aromatic carbocycles. The molecule has 0 radical (unpaired) electrons. The van der Waals surface area contributed by atoms with E-state index in [0.29, 0.717) is 12.5 Å². The zero-order chi connectivity index (χ0) is 12.8. The van der Waals surface area contributed by atoms with Gasteiger partial charge in [0.25, 0.3) is 0 Å². The highest BCUT2D eigenvalue weighted by atomic mass is 16.5. The van der Waals surface area contributed by atoms with Gasteiger partial charge in [-0.25, -0.2) is 4.68 Å². The van der Waals surface area contributed by atoms with Gasteiger partial charge < -0.3 is 9.64 Å². The molecule has 1 aromatic heterocycles. The van der Waals surface area contributed by atoms with Gasteiger partial charge in [-0.15, -0.1) is 5.10 Å². The molecule has 2 aliphatic heterocycles. The van der Waals surface area contributed by atoms with Gasteiger partial charge in [0.1, 0.15) is 0 Å². The molecule has 0 spiro atoms. The Morgan fingerprint density at radius 2 is 2.26 bits per heavy atom. The van der Waals surface area contributed by atoms with Crippen molar-refractivity contribution in [2.45, 2.75) is 44.4 Å². The van der Waals surface area contributed by atoms with Crippen LogP contribution in [0.3, 0.4) is 0 Å². The summed E-state index contributed by atoms with van der Waals surface area (Å²) >= 11 is 0. The average molecular weight is 262 g/mol. The van der Waals surface area contributed by atoms with E-state index in [0.717, 1.165) is 38.0 Å². The number of ether oxygens (including phenoxy) is 1. The highest BCUT2D eigenvalue weighted by Gasteiger charge is 2.39. The Hall–Kier alpha value is -1.43. The lowest BCUT2D eigenvalue weighted by atomic mass is 9.83. The molecule has 1 aromatic rings. The standard InChI is InChI=1S/C13H18N4O2/c18-13(9-2-1-3-9)16-5-4-12-11(7-16)17-10(8-19-12)6-14-15-17/h6,9,11-12H,1-5,7-8H2/t11-,12+/m1/s1. The first-order valence-corrected chi connectivity index (χ1v) is 7.12. The van der Waals surface area contributed by atoms with Crippen LogP contribution in [-0.2, 0) is 16.1 Å². The molecule has 1 saturated carbocycles. The molecule has 1 amide bonds. The van der Waals surface area contributed by atoms with Crippen LogP contribution >= 0.6 is 0 Å². The van der Waals surface area contributed by atoms with E-state index in [2.05, 4.69) is 10.3 Å². The molecule has 6 nitrogen and oxygen atoms in total. The predicted octanol–water partition coefficient (Wildman–Crippen LogP) is 0.750. The van der Waals surface area contributed by atoms with Crippen LogP contribution in [0.5, 0.6) is 0 Å². The summed E-state index contributed by atoms with van der Waals surface area (Å²) in [4.78, 5) is 14.4. The van der Waals surface area contributed by atoms with Crippen LogP contribution in [0.4, 0.5) is 0 Å². The van der Waals surface area contributed by atoms with Crippen molar-refractivity contribution in [3.8, 4) is 0 Å². The highest BCUT2D eigenvalue weighted by Crippen LogP contribution is 2.33. The maximum atomic E-state index is 12.3. The lowest BCUT2D eigenvalue weighted by Crippen LogP contribution is -2.51. The van der Waals surface area contributed by atoms with Crippen LogP contribution in [0.25, 0.3) is 0 Å². The second kappa shape index (κ2) is 4.30. The topological polar surface area (TPSA) is 60.3 Å². The Bertz CT molecular complexity index is 497. The van der Waals surface area contributed by atoms with Crippen LogP contribution < -0.4 is 0 Å². The first kappa shape index (κ1) is 11.4. The third kappa shape index (κ3) is 1.77. The summed E-state index contributed by atoms with van der Waals surface area (Å²) in [6, 6.07) is 0.143. The van der Waals surface area contributed by atoms with Gasteiger partial charge in [-0.2, -0.15) is 0 Å². The second-order valence-electron chi connectivity index (χ2n) is 5.79. The summed E-state index contributed by atoms with van der Waals surface area (Å²) in [7, 11) is 0. The summed E-state index contributed by atoms with van der Waals surface area (Å²) < 4.78 is 7.81. The number of hydrogen-bond acceptors (Lipinski definition) is 4. The molecule has 3 aliphatic rings. The van der Waals surface area contributed by atoms with Crippen LogP contribution in [0.2, 0.25) is 0 Å². The van der Waals surface area contributed by atoms with E-state index in [1.807, 2.05) is 9.58 Å². The zero-order valence-corrected chi connectivity index (χ0v) is 10.9. The smallest absolute Gasteiger partial charge is 0.225 e. The number of aromatic nitrogens is 3. The maximum absolute atomic E-state index is 12.3. The van der Waals surface area contributed by atoms with Crippen molar-refractivity contribution in [2.24, 2.45) is 5.92 Å². The fourth-order valence-electron chi connectivity index (χ4n) is 3.29. The SMILES string of the molecule is O=C(C1CCC1)N1CC[C@@H]2OCc3cnnn3[C@@H]2C1. The number of amides is 1. The molecule has 1 aliphatic carbocycles. The molecular weight excluding hydrogens is 244 g/mol. The van der Waals surface area contributed by atoms with Gasteiger partial charge in [0, 0.05) is 19.0 Å². The van der Waals surface area contributed by atoms with Crippen molar-refractivity contribution >= 4 is 5.91 Å². The molecule has 6 heteroatoms. The molecular formula is C13H18N4O2. The van der Waals surface area contributed by atoms with E-state index < -0.39 is 0 Å². The van der Waals surface area contributed by atoms with Gasteiger partial charge in [0.05, 0.1) is 30.6 Å². The molecule has 3 heterocycles. The summed E-state index contributed by atoms with van der Waals surface area (Å²) in [5.74, 6) is 0.605. The predicted molar refractivity (Wildman–Crippen MR) is 66.2 cm³/mol. The van der Waals surface area contributed by atoms with E-state index in [9.17, 15) is 4.79 Å². The van der Waals surface area contributed by atoms with E-state index in [-0.39, 0.29) is 18.1 Å². The van der Waals surface area contributed by atoms with Crippen molar-refractivity contribution in [3.05, 3.63) is 11.9 Å². The minimum atomic E-state index is 0.143. The molecule has 0 N–H and O–H groups in total. The molecule has 102 valence electrons. The maximum Gasteiger partial charge on any atom is 0.225 e. The molecule has 0 bridgehead atoms. The largest absolute Gasteiger partial charge is 0.370 e. The number of carbonyl (C=O) groups excluding carboxylic acids is 1. The second-order valence-corrected chi connectivity index (χ2v) is 5.79. The molecule has 2 fully saturated rings. The normalized spacial score (nSPS) is 30.4. The van der Waals surface area contributed by atoms with Crippen molar-refractivity contribution in [3.63, 3.8) is 0 Å². The summed E-state index contributed by atoms with van der Waals surface area (Å²) in [6.07, 6.45) is 6.17. The zero-order valence-electron chi connectivity index (χ0n) is 10.9. The fourth-order valence-corrected chi connectivity index (χ4v) is 3.29. The fraction of sp³-hybridized carbons (Fsp3) is 0.769. The number of nitrogens with zero attached hydrogens (tertiary/aromatic N) is 4. The third-order valence-electron chi connectivity index (χ3n) is 4.69. The summed E-state index contributed by atoms with van der Waals surface area (Å²) in [6.45, 7) is 2.13. The van der Waals surface area contributed by atoms with Crippen LogP contribution in [-0.4, -0.2) is 45.0 Å². The number of carbonyl (C=O) groups is 1. The van der Waals surface area contributed by atoms with E-state index in [4.69, 9.17) is 4.74 Å². The minimum absolute atomic E-state index is 0.143. The monoisotopic (exact) mass is 262 g/mol. The molecule has 2 atom stereocenters. The van der Waals surface area contributed by atoms with E-state index >= 15 is 0 Å². The van der Waals surface area contributed by atoms with Crippen molar-refractivity contribution in [1.29, 1.82) is 0 Å². The van der Waals surface area contributed by atoms with Crippen molar-refractivity contribution in [1.82, 2.24) is 19.9 Å². The van der Waals surface area contributed by atoms with Crippen LogP contribution in [0.15, 0.2) is 6.20 Å². The Balaban J connectivity index is 1.54. The number of hydrogen-bond donors (Lipinski definition) is 0. The van der Waals surface area contributed by atoms with Gasteiger partial charge in [0.2, 0.25) is 5.91 Å². The Morgan fingerprint density at radius 1 is 1.37 bits per heavy atom. The first-order chi connectivity index (χ1) is 9.33. The number of fused-ring (bicyclic) bond motifs is 3. The molecule has 1 saturated heterocycles. The van der Waals surface area contributed by atoms with Gasteiger partial charge in [-0.1, -0.05) is 11.6 Å². The van der Waals surface area contributed by atoms with Gasteiger partial charge >= 0.3 is 0 Å². The molecule has 19 heavy (non-hydrogen) atoms. The van der Waals surface area contributed by atoms with E-state index in [1.54, 1.807) is 6.20 Å².